The van der Waals surface area contributed by atoms with Crippen molar-refractivity contribution < 1.29 is 19.1 Å². The topological polar surface area (TPSA) is 78.6 Å². The standard InChI is InChI=1S/C14H19NO4/c1-3-11(8-13(15)17)19-14-10(9-16)6-5-7-12(14)18-4-2/h5-7,9,11H,3-4,8H2,1-2H3,(H2,15,17). The molecule has 0 spiro atoms. The number of nitrogens with two attached hydrogens (primary N) is 1. The highest BCUT2D eigenvalue weighted by atomic mass is 16.5. The summed E-state index contributed by atoms with van der Waals surface area (Å²) in [6, 6.07) is 5.08. The van der Waals surface area contributed by atoms with E-state index in [4.69, 9.17) is 15.2 Å². The van der Waals surface area contributed by atoms with Gasteiger partial charge in [-0.2, -0.15) is 0 Å². The zero-order chi connectivity index (χ0) is 14.3. The quantitative estimate of drug-likeness (QED) is 0.728. The van der Waals surface area contributed by atoms with Crippen LogP contribution in [-0.4, -0.2) is 24.9 Å². The Morgan fingerprint density at radius 3 is 2.68 bits per heavy atom. The fourth-order valence-corrected chi connectivity index (χ4v) is 1.68. The van der Waals surface area contributed by atoms with Gasteiger partial charge < -0.3 is 15.2 Å². The van der Waals surface area contributed by atoms with Gasteiger partial charge in [0.25, 0.3) is 0 Å². The summed E-state index contributed by atoms with van der Waals surface area (Å²) in [7, 11) is 0. The van der Waals surface area contributed by atoms with Crippen LogP contribution in [0.1, 0.15) is 37.0 Å². The maximum Gasteiger partial charge on any atom is 0.221 e. The lowest BCUT2D eigenvalue weighted by Gasteiger charge is -2.19. The molecule has 0 fully saturated rings. The van der Waals surface area contributed by atoms with Crippen molar-refractivity contribution in [1.82, 2.24) is 0 Å². The molecule has 1 unspecified atom stereocenters. The van der Waals surface area contributed by atoms with Crippen molar-refractivity contribution in [3.8, 4) is 11.5 Å². The van der Waals surface area contributed by atoms with Crippen LogP contribution in [0, 0.1) is 0 Å². The van der Waals surface area contributed by atoms with E-state index in [1.54, 1.807) is 18.2 Å². The average Bonchev–Trinajstić information content (AvgIpc) is 2.39. The first-order chi connectivity index (χ1) is 9.12. The normalized spacial score (nSPS) is 11.7. The third-order valence-corrected chi connectivity index (χ3v) is 2.60. The van der Waals surface area contributed by atoms with Crippen LogP contribution in [-0.2, 0) is 4.79 Å². The van der Waals surface area contributed by atoms with E-state index in [9.17, 15) is 9.59 Å². The molecule has 0 aliphatic rings. The van der Waals surface area contributed by atoms with Gasteiger partial charge in [0, 0.05) is 0 Å². The van der Waals surface area contributed by atoms with Crippen molar-refractivity contribution in [1.29, 1.82) is 0 Å². The van der Waals surface area contributed by atoms with Gasteiger partial charge in [-0.05, 0) is 25.5 Å². The molecule has 1 amide bonds. The Balaban J connectivity index is 3.01. The number of benzene rings is 1. The first-order valence-electron chi connectivity index (χ1n) is 6.28. The summed E-state index contributed by atoms with van der Waals surface area (Å²) in [5.41, 5.74) is 5.57. The van der Waals surface area contributed by atoms with Crippen molar-refractivity contribution in [3.05, 3.63) is 23.8 Å². The third kappa shape index (κ3) is 4.28. The number of carbonyl (C=O) groups is 2. The molecule has 5 heteroatoms. The maximum absolute atomic E-state index is 11.0. The molecule has 0 aromatic heterocycles. The number of ether oxygens (including phenoxy) is 2. The van der Waals surface area contributed by atoms with E-state index in [1.807, 2.05) is 13.8 Å². The third-order valence-electron chi connectivity index (χ3n) is 2.60. The fourth-order valence-electron chi connectivity index (χ4n) is 1.68. The molecule has 0 saturated carbocycles. The van der Waals surface area contributed by atoms with Gasteiger partial charge in [-0.3, -0.25) is 9.59 Å². The van der Waals surface area contributed by atoms with E-state index in [0.717, 1.165) is 0 Å². The van der Waals surface area contributed by atoms with Gasteiger partial charge in [-0.15, -0.1) is 0 Å². The molecular formula is C14H19NO4. The molecule has 5 nitrogen and oxygen atoms in total. The van der Waals surface area contributed by atoms with Gasteiger partial charge in [-0.25, -0.2) is 0 Å². The predicted molar refractivity (Wildman–Crippen MR) is 71.5 cm³/mol. The van der Waals surface area contributed by atoms with Gasteiger partial charge in [0.05, 0.1) is 18.6 Å². The SMILES string of the molecule is CCOc1cccc(C=O)c1OC(CC)CC(N)=O. The summed E-state index contributed by atoms with van der Waals surface area (Å²) < 4.78 is 11.2. The first kappa shape index (κ1) is 15.0. The van der Waals surface area contributed by atoms with E-state index < -0.39 is 5.91 Å². The highest BCUT2D eigenvalue weighted by Crippen LogP contribution is 2.32. The highest BCUT2D eigenvalue weighted by Gasteiger charge is 2.17. The Labute approximate surface area is 112 Å². The Morgan fingerprint density at radius 1 is 1.42 bits per heavy atom. The summed E-state index contributed by atoms with van der Waals surface area (Å²) in [5.74, 6) is 0.427. The van der Waals surface area contributed by atoms with Crippen LogP contribution in [0.3, 0.4) is 0 Å². The number of rotatable bonds is 8. The average molecular weight is 265 g/mol. The summed E-state index contributed by atoms with van der Waals surface area (Å²) in [6.45, 7) is 4.20. The van der Waals surface area contributed by atoms with Crippen molar-refractivity contribution in [3.63, 3.8) is 0 Å². The van der Waals surface area contributed by atoms with E-state index in [1.165, 1.54) is 0 Å². The molecule has 0 radical (unpaired) electrons. The predicted octanol–water partition coefficient (Wildman–Crippen LogP) is 1.93. The fraction of sp³-hybridized carbons (Fsp3) is 0.429. The van der Waals surface area contributed by atoms with Crippen molar-refractivity contribution in [2.24, 2.45) is 5.73 Å². The van der Waals surface area contributed by atoms with Crippen LogP contribution in [0.15, 0.2) is 18.2 Å². The summed E-state index contributed by atoms with van der Waals surface area (Å²) in [6.07, 6.45) is 1.06. The largest absolute Gasteiger partial charge is 0.490 e. The van der Waals surface area contributed by atoms with Crippen molar-refractivity contribution >= 4 is 12.2 Å². The summed E-state index contributed by atoms with van der Waals surface area (Å²) >= 11 is 0. The smallest absolute Gasteiger partial charge is 0.221 e. The number of amides is 1. The molecule has 19 heavy (non-hydrogen) atoms. The van der Waals surface area contributed by atoms with Crippen molar-refractivity contribution in [2.45, 2.75) is 32.8 Å². The highest BCUT2D eigenvalue weighted by molar-refractivity contribution is 5.81. The Kier molecular flexibility index (Phi) is 5.85. The molecule has 0 saturated heterocycles. The van der Waals surface area contributed by atoms with Crippen LogP contribution < -0.4 is 15.2 Å². The van der Waals surface area contributed by atoms with Gasteiger partial charge in [0.15, 0.2) is 17.8 Å². The molecule has 0 aliphatic carbocycles. The van der Waals surface area contributed by atoms with E-state index in [0.29, 0.717) is 36.4 Å². The molecule has 1 aromatic carbocycles. The number of hydrogen-bond donors (Lipinski definition) is 1. The number of carbonyl (C=O) groups excluding carboxylic acids is 2. The lowest BCUT2D eigenvalue weighted by molar-refractivity contribution is -0.119. The van der Waals surface area contributed by atoms with Gasteiger partial charge in [0.1, 0.15) is 6.10 Å². The number of hydrogen-bond acceptors (Lipinski definition) is 4. The summed E-state index contributed by atoms with van der Waals surface area (Å²) in [4.78, 5) is 22.0. The lowest BCUT2D eigenvalue weighted by Crippen LogP contribution is -2.25. The second-order valence-electron chi connectivity index (χ2n) is 4.04. The van der Waals surface area contributed by atoms with Crippen LogP contribution in [0.5, 0.6) is 11.5 Å². The maximum atomic E-state index is 11.0. The Bertz CT molecular complexity index is 445. The minimum Gasteiger partial charge on any atom is -0.490 e. The zero-order valence-corrected chi connectivity index (χ0v) is 11.2. The van der Waals surface area contributed by atoms with Gasteiger partial charge in [-0.1, -0.05) is 13.0 Å². The number of primary amides is 1. The molecule has 1 atom stereocenters. The lowest BCUT2D eigenvalue weighted by atomic mass is 10.1. The minimum absolute atomic E-state index is 0.106. The second-order valence-corrected chi connectivity index (χ2v) is 4.04. The Morgan fingerprint density at radius 2 is 2.16 bits per heavy atom. The van der Waals surface area contributed by atoms with E-state index >= 15 is 0 Å². The number of aldehydes is 1. The first-order valence-corrected chi connectivity index (χ1v) is 6.28. The van der Waals surface area contributed by atoms with E-state index in [-0.39, 0.29) is 12.5 Å². The second kappa shape index (κ2) is 7.41. The number of para-hydroxylation sites is 1. The monoisotopic (exact) mass is 265 g/mol. The van der Waals surface area contributed by atoms with Crippen molar-refractivity contribution in [2.75, 3.05) is 6.61 Å². The van der Waals surface area contributed by atoms with Crippen LogP contribution >= 0.6 is 0 Å². The van der Waals surface area contributed by atoms with Crippen LogP contribution in [0.25, 0.3) is 0 Å². The Hall–Kier alpha value is -2.04. The molecule has 0 heterocycles. The molecule has 1 rings (SSSR count). The molecule has 104 valence electrons. The van der Waals surface area contributed by atoms with Crippen LogP contribution in [0.2, 0.25) is 0 Å². The summed E-state index contributed by atoms with van der Waals surface area (Å²) in [5, 5.41) is 0. The van der Waals surface area contributed by atoms with Gasteiger partial charge in [0.2, 0.25) is 5.91 Å². The molecule has 1 aromatic rings. The molecule has 2 N–H and O–H groups in total. The minimum atomic E-state index is -0.437. The van der Waals surface area contributed by atoms with E-state index in [2.05, 4.69) is 0 Å². The van der Waals surface area contributed by atoms with Gasteiger partial charge >= 0.3 is 0 Å². The molecule has 0 bridgehead atoms. The molecular weight excluding hydrogens is 246 g/mol. The molecule has 0 aliphatic heterocycles. The zero-order valence-electron chi connectivity index (χ0n) is 11.2. The van der Waals surface area contributed by atoms with Crippen LogP contribution in [0.4, 0.5) is 0 Å².